The molecule has 0 unspecified atom stereocenters. The highest BCUT2D eigenvalue weighted by Crippen LogP contribution is 2.30. The molecule has 3 aliphatic heterocycles. The Morgan fingerprint density at radius 3 is 2.46 bits per heavy atom. The molecule has 1 aromatic rings. The molecule has 2 fully saturated rings. The first kappa shape index (κ1) is 23.3. The standard InChI is InChI=1S/C21H32N4O.2ClH/c26-21(24-15-9-22-10-16-24)8-13-23-11-5-18(6-12-23)17-25-14-7-19-3-1-2-4-20(19)25;;/h1-4,18,22H,5-17H2;2*1H. The van der Waals surface area contributed by atoms with E-state index in [9.17, 15) is 4.79 Å². The summed E-state index contributed by atoms with van der Waals surface area (Å²) in [5.41, 5.74) is 2.97. The fourth-order valence-corrected chi connectivity index (χ4v) is 4.63. The van der Waals surface area contributed by atoms with Gasteiger partial charge < -0.3 is 20.0 Å². The lowest BCUT2D eigenvalue weighted by Crippen LogP contribution is -2.47. The Kier molecular flexibility index (Phi) is 9.35. The second-order valence-electron chi connectivity index (χ2n) is 7.99. The molecule has 0 bridgehead atoms. The second-order valence-corrected chi connectivity index (χ2v) is 7.99. The van der Waals surface area contributed by atoms with E-state index in [4.69, 9.17) is 0 Å². The van der Waals surface area contributed by atoms with Crippen LogP contribution in [0.25, 0.3) is 0 Å². The SMILES string of the molecule is Cl.Cl.O=C(CCN1CCC(CN2CCc3ccccc32)CC1)N1CCNCC1. The molecule has 158 valence electrons. The molecular formula is C21H34Cl2N4O. The highest BCUT2D eigenvalue weighted by molar-refractivity contribution is 5.85. The summed E-state index contributed by atoms with van der Waals surface area (Å²) < 4.78 is 0. The van der Waals surface area contributed by atoms with Gasteiger partial charge in [-0.05, 0) is 49.9 Å². The third-order valence-electron chi connectivity index (χ3n) is 6.28. The minimum Gasteiger partial charge on any atom is -0.371 e. The van der Waals surface area contributed by atoms with E-state index < -0.39 is 0 Å². The highest BCUT2D eigenvalue weighted by Gasteiger charge is 2.25. The van der Waals surface area contributed by atoms with Crippen LogP contribution < -0.4 is 10.2 Å². The maximum absolute atomic E-state index is 12.3. The molecule has 1 N–H and O–H groups in total. The van der Waals surface area contributed by atoms with Gasteiger partial charge in [0.2, 0.25) is 5.91 Å². The van der Waals surface area contributed by atoms with Crippen LogP contribution in [-0.4, -0.2) is 74.6 Å². The quantitative estimate of drug-likeness (QED) is 0.781. The van der Waals surface area contributed by atoms with E-state index >= 15 is 0 Å². The number of halogens is 2. The molecule has 0 radical (unpaired) electrons. The minimum atomic E-state index is 0. The number of fused-ring (bicyclic) bond motifs is 1. The monoisotopic (exact) mass is 428 g/mol. The van der Waals surface area contributed by atoms with E-state index in [0.29, 0.717) is 12.3 Å². The zero-order valence-corrected chi connectivity index (χ0v) is 18.3. The van der Waals surface area contributed by atoms with Gasteiger partial charge in [-0.1, -0.05) is 18.2 Å². The number of piperazine rings is 1. The van der Waals surface area contributed by atoms with Gasteiger partial charge in [0.15, 0.2) is 0 Å². The number of hydrogen-bond acceptors (Lipinski definition) is 4. The smallest absolute Gasteiger partial charge is 0.223 e. The Morgan fingerprint density at radius 2 is 1.71 bits per heavy atom. The van der Waals surface area contributed by atoms with Crippen LogP contribution in [0.5, 0.6) is 0 Å². The van der Waals surface area contributed by atoms with Crippen LogP contribution in [0.3, 0.4) is 0 Å². The van der Waals surface area contributed by atoms with Gasteiger partial charge in [0.1, 0.15) is 0 Å². The topological polar surface area (TPSA) is 38.8 Å². The first-order valence-corrected chi connectivity index (χ1v) is 10.3. The molecule has 28 heavy (non-hydrogen) atoms. The summed E-state index contributed by atoms with van der Waals surface area (Å²) in [5, 5.41) is 3.31. The Balaban J connectivity index is 0.00000140. The number of rotatable bonds is 5. The van der Waals surface area contributed by atoms with Crippen LogP contribution in [-0.2, 0) is 11.2 Å². The number of benzene rings is 1. The molecule has 3 heterocycles. The molecule has 4 rings (SSSR count). The first-order valence-electron chi connectivity index (χ1n) is 10.3. The van der Waals surface area contributed by atoms with Gasteiger partial charge in [-0.15, -0.1) is 24.8 Å². The molecule has 5 nitrogen and oxygen atoms in total. The summed E-state index contributed by atoms with van der Waals surface area (Å²) in [5.74, 6) is 1.13. The van der Waals surface area contributed by atoms with Gasteiger partial charge in [-0.2, -0.15) is 0 Å². The number of para-hydroxylation sites is 1. The average Bonchev–Trinajstić information content (AvgIpc) is 3.11. The number of nitrogens with zero attached hydrogens (tertiary/aromatic N) is 3. The number of piperidine rings is 1. The lowest BCUT2D eigenvalue weighted by molar-refractivity contribution is -0.132. The molecule has 0 saturated carbocycles. The van der Waals surface area contributed by atoms with E-state index in [0.717, 1.165) is 51.7 Å². The number of hydrogen-bond donors (Lipinski definition) is 1. The molecule has 0 spiro atoms. The van der Waals surface area contributed by atoms with Gasteiger partial charge in [0.05, 0.1) is 0 Å². The number of likely N-dealkylation sites (tertiary alicyclic amines) is 1. The fraction of sp³-hybridized carbons (Fsp3) is 0.667. The molecule has 1 amide bonds. The van der Waals surface area contributed by atoms with Crippen LogP contribution in [0.1, 0.15) is 24.8 Å². The van der Waals surface area contributed by atoms with Crippen molar-refractivity contribution in [2.75, 3.05) is 63.8 Å². The highest BCUT2D eigenvalue weighted by atomic mass is 35.5. The van der Waals surface area contributed by atoms with Crippen LogP contribution >= 0.6 is 24.8 Å². The summed E-state index contributed by atoms with van der Waals surface area (Å²) in [7, 11) is 0. The van der Waals surface area contributed by atoms with E-state index in [1.807, 2.05) is 4.90 Å². The van der Waals surface area contributed by atoms with Crippen molar-refractivity contribution in [1.82, 2.24) is 15.1 Å². The number of nitrogens with one attached hydrogen (secondary N) is 1. The van der Waals surface area contributed by atoms with E-state index in [2.05, 4.69) is 39.4 Å². The molecule has 7 heteroatoms. The molecule has 1 aromatic carbocycles. The van der Waals surface area contributed by atoms with Crippen LogP contribution in [0.15, 0.2) is 24.3 Å². The molecule has 0 aliphatic carbocycles. The Morgan fingerprint density at radius 1 is 1.00 bits per heavy atom. The molecular weight excluding hydrogens is 395 g/mol. The third kappa shape index (κ3) is 5.76. The predicted octanol–water partition coefficient (Wildman–Crippen LogP) is 2.43. The summed E-state index contributed by atoms with van der Waals surface area (Å²) >= 11 is 0. The van der Waals surface area contributed by atoms with Crippen LogP contribution in [0, 0.1) is 5.92 Å². The number of anilines is 1. The van der Waals surface area contributed by atoms with Crippen molar-refractivity contribution in [3.05, 3.63) is 29.8 Å². The van der Waals surface area contributed by atoms with Gasteiger partial charge in [-0.25, -0.2) is 0 Å². The summed E-state index contributed by atoms with van der Waals surface area (Å²) in [4.78, 5) is 19.4. The van der Waals surface area contributed by atoms with Crippen molar-refractivity contribution >= 4 is 36.4 Å². The van der Waals surface area contributed by atoms with Crippen LogP contribution in [0.2, 0.25) is 0 Å². The lowest BCUT2D eigenvalue weighted by atomic mass is 9.96. The van der Waals surface area contributed by atoms with Crippen molar-refractivity contribution in [1.29, 1.82) is 0 Å². The first-order chi connectivity index (χ1) is 12.8. The second kappa shape index (κ2) is 11.2. The van der Waals surface area contributed by atoms with E-state index in [-0.39, 0.29) is 24.8 Å². The third-order valence-corrected chi connectivity index (χ3v) is 6.28. The average molecular weight is 429 g/mol. The Hall–Kier alpha value is -1.01. The number of carbonyl (C=O) groups excluding carboxylic acids is 1. The lowest BCUT2D eigenvalue weighted by Gasteiger charge is -2.35. The Labute approximate surface area is 181 Å². The van der Waals surface area contributed by atoms with Crippen LogP contribution in [0.4, 0.5) is 5.69 Å². The van der Waals surface area contributed by atoms with Crippen molar-refractivity contribution in [3.8, 4) is 0 Å². The van der Waals surface area contributed by atoms with Crippen molar-refractivity contribution in [2.45, 2.75) is 25.7 Å². The largest absolute Gasteiger partial charge is 0.371 e. The number of amides is 1. The predicted molar refractivity (Wildman–Crippen MR) is 120 cm³/mol. The van der Waals surface area contributed by atoms with Crippen molar-refractivity contribution in [3.63, 3.8) is 0 Å². The molecule has 3 aliphatic rings. The van der Waals surface area contributed by atoms with E-state index in [1.165, 1.54) is 43.6 Å². The normalized spacial score (nSPS) is 20.3. The molecule has 0 atom stereocenters. The van der Waals surface area contributed by atoms with Crippen molar-refractivity contribution < 1.29 is 4.79 Å². The number of carbonyl (C=O) groups is 1. The summed E-state index contributed by atoms with van der Waals surface area (Å²) in [6, 6.07) is 8.87. The zero-order valence-electron chi connectivity index (χ0n) is 16.6. The maximum Gasteiger partial charge on any atom is 0.223 e. The summed E-state index contributed by atoms with van der Waals surface area (Å²) in [6.07, 6.45) is 4.41. The molecule has 2 saturated heterocycles. The van der Waals surface area contributed by atoms with Gasteiger partial charge in [-0.3, -0.25) is 4.79 Å². The van der Waals surface area contributed by atoms with Crippen molar-refractivity contribution in [2.24, 2.45) is 5.92 Å². The molecule has 0 aromatic heterocycles. The van der Waals surface area contributed by atoms with Gasteiger partial charge in [0.25, 0.3) is 0 Å². The summed E-state index contributed by atoms with van der Waals surface area (Å²) in [6.45, 7) is 9.24. The van der Waals surface area contributed by atoms with E-state index in [1.54, 1.807) is 0 Å². The Bertz CT molecular complexity index is 616. The van der Waals surface area contributed by atoms with Gasteiger partial charge >= 0.3 is 0 Å². The minimum absolute atomic E-state index is 0. The fourth-order valence-electron chi connectivity index (χ4n) is 4.63. The van der Waals surface area contributed by atoms with Gasteiger partial charge in [0, 0.05) is 57.9 Å². The maximum atomic E-state index is 12.3. The zero-order chi connectivity index (χ0) is 17.8.